The van der Waals surface area contributed by atoms with E-state index in [1.807, 2.05) is 20.8 Å². The number of allylic oxidation sites excluding steroid dienone is 1. The Kier molecular flexibility index (Phi) is 5.44. The van der Waals surface area contributed by atoms with Crippen LogP contribution < -0.4 is 0 Å². The number of carbonyl (C=O) groups excluding carboxylic acids is 1. The Labute approximate surface area is 81.0 Å². The van der Waals surface area contributed by atoms with Gasteiger partial charge in [-0.15, -0.1) is 6.58 Å². The van der Waals surface area contributed by atoms with Gasteiger partial charge in [-0.1, -0.05) is 19.9 Å². The number of hydrogen-bond donors (Lipinski definition) is 0. The summed E-state index contributed by atoms with van der Waals surface area (Å²) in [6.45, 7) is 11.2. The lowest BCUT2D eigenvalue weighted by Crippen LogP contribution is -2.33. The molecule has 0 aromatic rings. The lowest BCUT2D eigenvalue weighted by Gasteiger charge is -2.29. The highest BCUT2D eigenvalue weighted by molar-refractivity contribution is 5.72. The molecule has 1 rings (SSSR count). The van der Waals surface area contributed by atoms with Crippen molar-refractivity contribution < 1.29 is 9.53 Å². The van der Waals surface area contributed by atoms with Crippen LogP contribution in [-0.2, 0) is 9.53 Å². The molecule has 2 nitrogen and oxygen atoms in total. The summed E-state index contributed by atoms with van der Waals surface area (Å²) >= 11 is 0. The number of cyclic esters (lactones) is 1. The molecule has 2 heteroatoms. The Bertz CT molecular complexity index is 175. The van der Waals surface area contributed by atoms with Gasteiger partial charge in [-0.05, 0) is 26.2 Å². The van der Waals surface area contributed by atoms with Crippen molar-refractivity contribution in [1.82, 2.24) is 0 Å². The number of carbonyl (C=O) groups is 1. The molecule has 0 bridgehead atoms. The van der Waals surface area contributed by atoms with Gasteiger partial charge in [-0.2, -0.15) is 0 Å². The number of ether oxygens (including phenoxy) is 1. The molecule has 0 N–H and O–H groups in total. The Morgan fingerprint density at radius 1 is 1.46 bits per heavy atom. The summed E-state index contributed by atoms with van der Waals surface area (Å²) < 4.78 is 5.07. The van der Waals surface area contributed by atoms with Crippen LogP contribution in [-0.4, -0.2) is 12.1 Å². The predicted molar refractivity (Wildman–Crippen MR) is 54.4 cm³/mol. The normalized spacial score (nSPS) is 32.6. The number of rotatable bonds is 0. The molecule has 0 aliphatic carbocycles. The van der Waals surface area contributed by atoms with E-state index in [1.54, 1.807) is 6.08 Å². The Morgan fingerprint density at radius 2 is 1.92 bits per heavy atom. The van der Waals surface area contributed by atoms with E-state index < -0.39 is 0 Å². The van der Waals surface area contributed by atoms with Crippen LogP contribution in [0.1, 0.15) is 34.1 Å². The number of esters is 1. The van der Waals surface area contributed by atoms with E-state index in [-0.39, 0.29) is 18.0 Å². The molecule has 0 saturated carbocycles. The van der Waals surface area contributed by atoms with Crippen LogP contribution in [0.25, 0.3) is 0 Å². The van der Waals surface area contributed by atoms with Gasteiger partial charge in [0.15, 0.2) is 0 Å². The fourth-order valence-electron chi connectivity index (χ4n) is 1.26. The SMILES string of the molecule is C=CC.CC1C[C@@H](C)C(C)OC1=O. The van der Waals surface area contributed by atoms with Gasteiger partial charge >= 0.3 is 5.97 Å². The van der Waals surface area contributed by atoms with Crippen molar-refractivity contribution in [3.8, 4) is 0 Å². The zero-order chi connectivity index (χ0) is 10.4. The van der Waals surface area contributed by atoms with Crippen LogP contribution in [0, 0.1) is 11.8 Å². The quantitative estimate of drug-likeness (QED) is 0.427. The summed E-state index contributed by atoms with van der Waals surface area (Å²) in [7, 11) is 0. The van der Waals surface area contributed by atoms with Crippen LogP contribution in [0.2, 0.25) is 0 Å². The van der Waals surface area contributed by atoms with Gasteiger partial charge in [0.1, 0.15) is 6.10 Å². The van der Waals surface area contributed by atoms with Gasteiger partial charge in [0, 0.05) is 0 Å². The Hall–Kier alpha value is -0.790. The number of hydrogen-bond acceptors (Lipinski definition) is 2. The first-order valence-corrected chi connectivity index (χ1v) is 4.80. The summed E-state index contributed by atoms with van der Waals surface area (Å²) in [6.07, 6.45) is 2.84. The lowest BCUT2D eigenvalue weighted by molar-refractivity contribution is -0.162. The molecule has 1 aliphatic rings. The summed E-state index contributed by atoms with van der Waals surface area (Å²) in [5.41, 5.74) is 0. The molecule has 0 radical (unpaired) electrons. The maximum atomic E-state index is 10.9. The third-order valence-corrected chi connectivity index (χ3v) is 2.23. The zero-order valence-corrected chi connectivity index (χ0v) is 9.04. The van der Waals surface area contributed by atoms with Crippen molar-refractivity contribution in [1.29, 1.82) is 0 Å². The second-order valence-corrected chi connectivity index (χ2v) is 3.66. The maximum absolute atomic E-state index is 10.9. The van der Waals surface area contributed by atoms with Crippen LogP contribution >= 0.6 is 0 Å². The average molecular weight is 184 g/mol. The third-order valence-electron chi connectivity index (χ3n) is 2.23. The first-order valence-electron chi connectivity index (χ1n) is 4.80. The molecule has 1 saturated heterocycles. The van der Waals surface area contributed by atoms with Crippen molar-refractivity contribution in [2.45, 2.75) is 40.2 Å². The van der Waals surface area contributed by atoms with E-state index in [0.29, 0.717) is 5.92 Å². The highest BCUT2D eigenvalue weighted by Gasteiger charge is 2.29. The van der Waals surface area contributed by atoms with Gasteiger partial charge in [-0.25, -0.2) is 0 Å². The minimum Gasteiger partial charge on any atom is -0.462 e. The second kappa shape index (κ2) is 5.79. The molecule has 0 spiro atoms. The van der Waals surface area contributed by atoms with E-state index in [9.17, 15) is 4.79 Å². The summed E-state index contributed by atoms with van der Waals surface area (Å²) in [5, 5.41) is 0. The monoisotopic (exact) mass is 184 g/mol. The fourth-order valence-corrected chi connectivity index (χ4v) is 1.26. The molecule has 0 amide bonds. The van der Waals surface area contributed by atoms with Crippen molar-refractivity contribution in [2.24, 2.45) is 11.8 Å². The molecule has 0 aromatic heterocycles. The minimum absolute atomic E-state index is 0.0365. The first kappa shape index (κ1) is 12.2. The van der Waals surface area contributed by atoms with Crippen molar-refractivity contribution in [2.75, 3.05) is 0 Å². The van der Waals surface area contributed by atoms with Gasteiger partial charge in [0.2, 0.25) is 0 Å². The molecule has 1 aliphatic heterocycles. The van der Waals surface area contributed by atoms with Crippen molar-refractivity contribution in [3.63, 3.8) is 0 Å². The molecule has 13 heavy (non-hydrogen) atoms. The van der Waals surface area contributed by atoms with Crippen LogP contribution in [0.5, 0.6) is 0 Å². The zero-order valence-electron chi connectivity index (χ0n) is 9.04. The lowest BCUT2D eigenvalue weighted by atomic mass is 9.91. The van der Waals surface area contributed by atoms with Crippen LogP contribution in [0.3, 0.4) is 0 Å². The second-order valence-electron chi connectivity index (χ2n) is 3.66. The summed E-state index contributed by atoms with van der Waals surface area (Å²) in [5.74, 6) is 0.587. The highest BCUT2D eigenvalue weighted by Crippen LogP contribution is 2.24. The summed E-state index contributed by atoms with van der Waals surface area (Å²) in [4.78, 5) is 10.9. The van der Waals surface area contributed by atoms with Crippen molar-refractivity contribution >= 4 is 5.97 Å². The van der Waals surface area contributed by atoms with Gasteiger partial charge in [0.05, 0.1) is 5.92 Å². The Balaban J connectivity index is 0.000000424. The van der Waals surface area contributed by atoms with Gasteiger partial charge in [0.25, 0.3) is 0 Å². The van der Waals surface area contributed by atoms with Gasteiger partial charge < -0.3 is 4.74 Å². The molecule has 1 fully saturated rings. The molecule has 76 valence electrons. The fraction of sp³-hybridized carbons (Fsp3) is 0.727. The van der Waals surface area contributed by atoms with Crippen LogP contribution in [0.4, 0.5) is 0 Å². The first-order chi connectivity index (χ1) is 6.02. The minimum atomic E-state index is -0.0365. The van der Waals surface area contributed by atoms with E-state index in [0.717, 1.165) is 6.42 Å². The molecular formula is C11H20O2. The van der Waals surface area contributed by atoms with Gasteiger partial charge in [-0.3, -0.25) is 4.79 Å². The molecule has 0 aromatic carbocycles. The highest BCUT2D eigenvalue weighted by atomic mass is 16.5. The van der Waals surface area contributed by atoms with Crippen LogP contribution in [0.15, 0.2) is 12.7 Å². The van der Waals surface area contributed by atoms with E-state index in [2.05, 4.69) is 13.5 Å². The molecule has 2 unspecified atom stereocenters. The molecular weight excluding hydrogens is 164 g/mol. The van der Waals surface area contributed by atoms with E-state index in [4.69, 9.17) is 4.74 Å². The topological polar surface area (TPSA) is 26.3 Å². The Morgan fingerprint density at radius 3 is 2.31 bits per heavy atom. The smallest absolute Gasteiger partial charge is 0.308 e. The molecule has 3 atom stereocenters. The standard InChI is InChI=1S/C8H14O2.C3H6/c1-5-4-6(2)8(9)10-7(5)3;1-3-2/h5-7H,4H2,1-3H3;3H,1H2,2H3/t5-,6?,7?;/m1./s1. The largest absolute Gasteiger partial charge is 0.462 e. The third kappa shape index (κ3) is 4.11. The average Bonchev–Trinajstić information content (AvgIpc) is 2.03. The maximum Gasteiger partial charge on any atom is 0.308 e. The molecule has 1 heterocycles. The predicted octanol–water partition coefficient (Wildman–Crippen LogP) is 2.79. The summed E-state index contributed by atoms with van der Waals surface area (Å²) in [6, 6.07) is 0. The van der Waals surface area contributed by atoms with Crippen molar-refractivity contribution in [3.05, 3.63) is 12.7 Å². The van der Waals surface area contributed by atoms with E-state index >= 15 is 0 Å². The van der Waals surface area contributed by atoms with E-state index in [1.165, 1.54) is 0 Å².